The average Bonchev–Trinajstić information content (AvgIpc) is 3.07. The highest BCUT2D eigenvalue weighted by atomic mass is 16.2. The Labute approximate surface area is 170 Å². The van der Waals surface area contributed by atoms with E-state index < -0.39 is 0 Å². The second kappa shape index (κ2) is 7.81. The van der Waals surface area contributed by atoms with E-state index >= 15 is 0 Å². The number of carbonyl (C=O) groups is 1. The van der Waals surface area contributed by atoms with E-state index in [-0.39, 0.29) is 30.1 Å². The van der Waals surface area contributed by atoms with Crippen LogP contribution in [0.4, 0.5) is 0 Å². The Kier molecular flexibility index (Phi) is 5.59. The van der Waals surface area contributed by atoms with Gasteiger partial charge in [-0.2, -0.15) is 10.2 Å². The van der Waals surface area contributed by atoms with Gasteiger partial charge in [-0.3, -0.25) is 9.59 Å². The summed E-state index contributed by atoms with van der Waals surface area (Å²) in [6.07, 6.45) is 1.66. The van der Waals surface area contributed by atoms with Crippen LogP contribution in [0, 0.1) is 20.8 Å². The molecule has 2 aromatic heterocycles. The van der Waals surface area contributed by atoms with Crippen molar-refractivity contribution in [2.45, 2.75) is 67.1 Å². The molecule has 0 spiro atoms. The molecular formula is C22H29N5O2. The lowest BCUT2D eigenvalue weighted by atomic mass is 10.1. The molecule has 0 aliphatic carbocycles. The van der Waals surface area contributed by atoms with Crippen LogP contribution in [0.1, 0.15) is 44.5 Å². The molecular weight excluding hydrogens is 366 g/mol. The van der Waals surface area contributed by atoms with Gasteiger partial charge >= 0.3 is 0 Å². The molecule has 1 aromatic carbocycles. The molecule has 0 fully saturated rings. The van der Waals surface area contributed by atoms with Crippen molar-refractivity contribution in [3.8, 4) is 5.69 Å². The van der Waals surface area contributed by atoms with Crippen LogP contribution in [0.25, 0.3) is 16.6 Å². The van der Waals surface area contributed by atoms with Gasteiger partial charge in [-0.05, 0) is 71.7 Å². The van der Waals surface area contributed by atoms with E-state index in [9.17, 15) is 9.59 Å². The van der Waals surface area contributed by atoms with Crippen LogP contribution in [0.15, 0.2) is 29.2 Å². The van der Waals surface area contributed by atoms with E-state index in [1.165, 1.54) is 10.2 Å². The van der Waals surface area contributed by atoms with E-state index in [1.54, 1.807) is 15.8 Å². The fourth-order valence-corrected chi connectivity index (χ4v) is 3.76. The van der Waals surface area contributed by atoms with E-state index in [2.05, 4.69) is 10.2 Å². The SMILES string of the molecule is Cc1ccc(-n2ncc3c(C)nn(CC(=O)N(C(C)C)C(C)C)c(=O)c32)cc1C. The summed E-state index contributed by atoms with van der Waals surface area (Å²) in [6.45, 7) is 13.7. The summed E-state index contributed by atoms with van der Waals surface area (Å²) in [5.41, 5.74) is 3.90. The number of aryl methyl sites for hydroxylation is 3. The van der Waals surface area contributed by atoms with Gasteiger partial charge in [-0.1, -0.05) is 6.07 Å². The first-order valence-corrected chi connectivity index (χ1v) is 9.96. The quantitative estimate of drug-likeness (QED) is 0.665. The van der Waals surface area contributed by atoms with Crippen LogP contribution < -0.4 is 5.56 Å². The van der Waals surface area contributed by atoms with Gasteiger partial charge in [-0.15, -0.1) is 0 Å². The number of amides is 1. The highest BCUT2D eigenvalue weighted by Gasteiger charge is 2.23. The highest BCUT2D eigenvalue weighted by molar-refractivity contribution is 5.82. The summed E-state index contributed by atoms with van der Waals surface area (Å²) in [5, 5.41) is 9.52. The minimum absolute atomic E-state index is 0.0455. The zero-order valence-corrected chi connectivity index (χ0v) is 18.2. The van der Waals surface area contributed by atoms with Gasteiger partial charge in [0, 0.05) is 17.5 Å². The molecule has 0 unspecified atom stereocenters. The van der Waals surface area contributed by atoms with Gasteiger partial charge in [0.05, 0.1) is 17.6 Å². The standard InChI is InChI=1S/C22H29N5O2/c1-13(2)26(14(3)4)20(28)12-25-22(29)21-19(17(7)24-25)11-23-27(21)18-9-8-15(5)16(6)10-18/h8-11,13-14H,12H2,1-7H3. The summed E-state index contributed by atoms with van der Waals surface area (Å²) in [6, 6.07) is 6.05. The molecule has 7 nitrogen and oxygen atoms in total. The fourth-order valence-electron chi connectivity index (χ4n) is 3.76. The lowest BCUT2D eigenvalue weighted by Crippen LogP contribution is -2.45. The van der Waals surface area contributed by atoms with Crippen molar-refractivity contribution in [1.29, 1.82) is 0 Å². The largest absolute Gasteiger partial charge is 0.336 e. The first-order chi connectivity index (χ1) is 13.6. The summed E-state index contributed by atoms with van der Waals surface area (Å²) in [4.78, 5) is 27.9. The monoisotopic (exact) mass is 395 g/mol. The molecule has 0 saturated carbocycles. The summed E-state index contributed by atoms with van der Waals surface area (Å²) in [7, 11) is 0. The van der Waals surface area contributed by atoms with Gasteiger partial charge in [0.1, 0.15) is 12.1 Å². The summed E-state index contributed by atoms with van der Waals surface area (Å²) < 4.78 is 2.90. The average molecular weight is 396 g/mol. The van der Waals surface area contributed by atoms with Gasteiger partial charge in [0.25, 0.3) is 5.56 Å². The second-order valence-electron chi connectivity index (χ2n) is 8.12. The Morgan fingerprint density at radius 3 is 2.31 bits per heavy atom. The molecule has 2 heterocycles. The number of nitrogens with zero attached hydrogens (tertiary/aromatic N) is 5. The number of hydrogen-bond donors (Lipinski definition) is 0. The number of rotatable bonds is 5. The second-order valence-corrected chi connectivity index (χ2v) is 8.12. The third-order valence-corrected chi connectivity index (χ3v) is 5.29. The topological polar surface area (TPSA) is 73.0 Å². The Balaban J connectivity index is 2.11. The normalized spacial score (nSPS) is 11.6. The molecule has 29 heavy (non-hydrogen) atoms. The molecule has 3 aromatic rings. The van der Waals surface area contributed by atoms with Crippen LogP contribution in [0.5, 0.6) is 0 Å². The predicted molar refractivity (Wildman–Crippen MR) is 114 cm³/mol. The van der Waals surface area contributed by atoms with Crippen molar-refractivity contribution >= 4 is 16.8 Å². The molecule has 0 radical (unpaired) electrons. The summed E-state index contributed by atoms with van der Waals surface area (Å²) in [5.74, 6) is -0.124. The minimum atomic E-state index is -0.317. The molecule has 1 amide bonds. The summed E-state index contributed by atoms with van der Waals surface area (Å²) >= 11 is 0. The van der Waals surface area contributed by atoms with E-state index in [0.29, 0.717) is 16.6 Å². The van der Waals surface area contributed by atoms with Crippen LogP contribution in [-0.2, 0) is 11.3 Å². The molecule has 7 heteroatoms. The minimum Gasteiger partial charge on any atom is -0.336 e. The van der Waals surface area contributed by atoms with Gasteiger partial charge in [0.15, 0.2) is 0 Å². The Bertz CT molecular complexity index is 1120. The van der Waals surface area contributed by atoms with Crippen molar-refractivity contribution in [2.75, 3.05) is 0 Å². The molecule has 3 rings (SSSR count). The number of aromatic nitrogens is 4. The van der Waals surface area contributed by atoms with Gasteiger partial charge in [-0.25, -0.2) is 9.36 Å². The number of carbonyl (C=O) groups excluding carboxylic acids is 1. The first kappa shape index (κ1) is 20.8. The van der Waals surface area contributed by atoms with Crippen molar-refractivity contribution in [3.63, 3.8) is 0 Å². The third-order valence-electron chi connectivity index (χ3n) is 5.29. The maximum Gasteiger partial charge on any atom is 0.293 e. The van der Waals surface area contributed by atoms with E-state index in [1.807, 2.05) is 66.7 Å². The zero-order chi connectivity index (χ0) is 21.5. The molecule has 0 aliphatic heterocycles. The lowest BCUT2D eigenvalue weighted by molar-refractivity contribution is -0.135. The zero-order valence-electron chi connectivity index (χ0n) is 18.2. The third kappa shape index (κ3) is 3.81. The fraction of sp³-hybridized carbons (Fsp3) is 0.455. The number of benzene rings is 1. The van der Waals surface area contributed by atoms with E-state index in [4.69, 9.17) is 0 Å². The van der Waals surface area contributed by atoms with Crippen molar-refractivity contribution in [1.82, 2.24) is 24.5 Å². The van der Waals surface area contributed by atoms with Crippen molar-refractivity contribution in [2.24, 2.45) is 0 Å². The maximum atomic E-state index is 13.3. The smallest absolute Gasteiger partial charge is 0.293 e. The van der Waals surface area contributed by atoms with Crippen LogP contribution in [0.3, 0.4) is 0 Å². The Hall–Kier alpha value is -2.96. The molecule has 154 valence electrons. The molecule has 0 aliphatic rings. The number of hydrogen-bond acceptors (Lipinski definition) is 4. The van der Waals surface area contributed by atoms with Crippen LogP contribution >= 0.6 is 0 Å². The van der Waals surface area contributed by atoms with Gasteiger partial charge < -0.3 is 4.90 Å². The molecule has 0 N–H and O–H groups in total. The van der Waals surface area contributed by atoms with Crippen molar-refractivity contribution < 1.29 is 4.79 Å². The van der Waals surface area contributed by atoms with Crippen LogP contribution in [-0.4, -0.2) is 42.5 Å². The molecule has 0 saturated heterocycles. The predicted octanol–water partition coefficient (Wildman–Crippen LogP) is 3.15. The highest BCUT2D eigenvalue weighted by Crippen LogP contribution is 2.19. The molecule has 0 atom stereocenters. The van der Waals surface area contributed by atoms with E-state index in [0.717, 1.165) is 11.3 Å². The maximum absolute atomic E-state index is 13.3. The Morgan fingerprint density at radius 1 is 1.07 bits per heavy atom. The van der Waals surface area contributed by atoms with Crippen LogP contribution in [0.2, 0.25) is 0 Å². The van der Waals surface area contributed by atoms with Crippen molar-refractivity contribution in [3.05, 3.63) is 51.6 Å². The number of fused-ring (bicyclic) bond motifs is 1. The van der Waals surface area contributed by atoms with Gasteiger partial charge in [0.2, 0.25) is 5.91 Å². The molecule has 0 bridgehead atoms. The Morgan fingerprint density at radius 2 is 1.72 bits per heavy atom. The lowest BCUT2D eigenvalue weighted by Gasteiger charge is -2.30. The first-order valence-electron chi connectivity index (χ1n) is 9.96.